The summed E-state index contributed by atoms with van der Waals surface area (Å²) in [6, 6.07) is 2.67. The van der Waals surface area contributed by atoms with Crippen LogP contribution in [0.2, 0.25) is 0 Å². The van der Waals surface area contributed by atoms with E-state index >= 15 is 0 Å². The predicted octanol–water partition coefficient (Wildman–Crippen LogP) is 4.13. The van der Waals surface area contributed by atoms with Crippen molar-refractivity contribution in [3.63, 3.8) is 0 Å². The second-order valence-corrected chi connectivity index (χ2v) is 5.51. The first-order chi connectivity index (χ1) is 9.79. The van der Waals surface area contributed by atoms with Gasteiger partial charge in [-0.1, -0.05) is 18.9 Å². The molecule has 0 spiro atoms. The highest BCUT2D eigenvalue weighted by Crippen LogP contribution is 2.34. The summed E-state index contributed by atoms with van der Waals surface area (Å²) >= 11 is 5.85. The lowest BCUT2D eigenvalue weighted by molar-refractivity contribution is -0.140. The molecule has 1 amide bonds. The SMILES string of the molecule is O=C(NC1(CCl)CCCC1)c1cccc(C(F)(F)F)c1F. The van der Waals surface area contributed by atoms with Crippen LogP contribution >= 0.6 is 11.6 Å². The molecule has 0 aromatic heterocycles. The Balaban J connectivity index is 2.28. The van der Waals surface area contributed by atoms with Crippen LogP contribution in [0.1, 0.15) is 41.6 Å². The first-order valence-electron chi connectivity index (χ1n) is 6.53. The zero-order valence-electron chi connectivity index (χ0n) is 11.1. The Morgan fingerprint density at radius 1 is 1.29 bits per heavy atom. The van der Waals surface area contributed by atoms with Crippen LogP contribution in [-0.4, -0.2) is 17.3 Å². The van der Waals surface area contributed by atoms with Gasteiger partial charge in [-0.05, 0) is 25.0 Å². The average molecular weight is 324 g/mol. The van der Waals surface area contributed by atoms with E-state index in [4.69, 9.17) is 11.6 Å². The van der Waals surface area contributed by atoms with E-state index in [-0.39, 0.29) is 5.88 Å². The lowest BCUT2D eigenvalue weighted by atomic mass is 9.99. The van der Waals surface area contributed by atoms with Crippen LogP contribution in [0.3, 0.4) is 0 Å². The Hall–Kier alpha value is -1.30. The monoisotopic (exact) mass is 323 g/mol. The first kappa shape index (κ1) is 16.1. The average Bonchev–Trinajstić information content (AvgIpc) is 2.86. The number of alkyl halides is 4. The van der Waals surface area contributed by atoms with Gasteiger partial charge in [-0.15, -0.1) is 11.6 Å². The molecule has 0 saturated heterocycles. The van der Waals surface area contributed by atoms with Gasteiger partial charge < -0.3 is 5.32 Å². The molecular weight excluding hydrogens is 310 g/mol. The van der Waals surface area contributed by atoms with Gasteiger partial charge in [0.05, 0.1) is 16.7 Å². The number of hydrogen-bond donors (Lipinski definition) is 1. The third-order valence-electron chi connectivity index (χ3n) is 3.74. The molecule has 1 fully saturated rings. The van der Waals surface area contributed by atoms with Gasteiger partial charge in [-0.25, -0.2) is 4.39 Å². The van der Waals surface area contributed by atoms with Crippen molar-refractivity contribution in [2.24, 2.45) is 0 Å². The lowest BCUT2D eigenvalue weighted by Gasteiger charge is -2.28. The molecule has 0 aliphatic heterocycles. The molecule has 0 bridgehead atoms. The summed E-state index contributed by atoms with van der Waals surface area (Å²) in [7, 11) is 0. The quantitative estimate of drug-likeness (QED) is 0.658. The van der Waals surface area contributed by atoms with Gasteiger partial charge in [0.25, 0.3) is 5.91 Å². The van der Waals surface area contributed by atoms with Gasteiger partial charge in [0.15, 0.2) is 0 Å². The Labute approximate surface area is 124 Å². The van der Waals surface area contributed by atoms with E-state index < -0.39 is 34.6 Å². The maximum atomic E-state index is 13.9. The van der Waals surface area contributed by atoms with Crippen LogP contribution in [0.15, 0.2) is 18.2 Å². The van der Waals surface area contributed by atoms with Crippen LogP contribution in [0, 0.1) is 5.82 Å². The van der Waals surface area contributed by atoms with Crippen molar-refractivity contribution in [1.29, 1.82) is 0 Å². The molecule has 1 saturated carbocycles. The fourth-order valence-electron chi connectivity index (χ4n) is 2.58. The Bertz CT molecular complexity index is 538. The molecule has 2 rings (SSSR count). The number of carbonyl (C=O) groups is 1. The third-order valence-corrected chi connectivity index (χ3v) is 4.26. The summed E-state index contributed by atoms with van der Waals surface area (Å²) in [4.78, 5) is 12.1. The maximum Gasteiger partial charge on any atom is 0.419 e. The highest BCUT2D eigenvalue weighted by molar-refractivity contribution is 6.19. The summed E-state index contributed by atoms with van der Waals surface area (Å²) in [5.74, 6) is -2.26. The fraction of sp³-hybridized carbons (Fsp3) is 0.500. The van der Waals surface area contributed by atoms with Crippen LogP contribution in [0.4, 0.5) is 17.6 Å². The Morgan fingerprint density at radius 3 is 2.43 bits per heavy atom. The van der Waals surface area contributed by atoms with E-state index in [1.54, 1.807) is 0 Å². The van der Waals surface area contributed by atoms with Gasteiger partial charge in [-0.2, -0.15) is 13.2 Å². The molecule has 1 N–H and O–H groups in total. The lowest BCUT2D eigenvalue weighted by Crippen LogP contribution is -2.48. The fourth-order valence-corrected chi connectivity index (χ4v) is 2.91. The normalized spacial score (nSPS) is 17.8. The van der Waals surface area contributed by atoms with E-state index in [1.807, 2.05) is 0 Å². The molecule has 1 aromatic rings. The Kier molecular flexibility index (Phi) is 4.46. The Morgan fingerprint density at radius 2 is 1.90 bits per heavy atom. The number of nitrogens with one attached hydrogen (secondary N) is 1. The van der Waals surface area contributed by atoms with E-state index in [0.717, 1.165) is 25.0 Å². The predicted molar refractivity (Wildman–Crippen MR) is 70.8 cm³/mol. The largest absolute Gasteiger partial charge is 0.419 e. The van der Waals surface area contributed by atoms with Crippen molar-refractivity contribution >= 4 is 17.5 Å². The zero-order chi connectivity index (χ0) is 15.7. The minimum absolute atomic E-state index is 0.152. The van der Waals surface area contributed by atoms with E-state index in [0.29, 0.717) is 18.9 Å². The standard InChI is InChI=1S/C14H14ClF4NO/c15-8-13(6-1-2-7-13)20-12(21)9-4-3-5-10(11(9)16)14(17,18)19/h3-5H,1-2,6-8H2,(H,20,21). The molecule has 1 aliphatic rings. The van der Waals surface area contributed by atoms with Gasteiger partial charge in [0, 0.05) is 5.88 Å². The molecule has 1 aliphatic carbocycles. The van der Waals surface area contributed by atoms with Gasteiger partial charge >= 0.3 is 6.18 Å². The van der Waals surface area contributed by atoms with Gasteiger partial charge in [-0.3, -0.25) is 4.79 Å². The number of rotatable bonds is 3. The molecule has 0 heterocycles. The maximum absolute atomic E-state index is 13.9. The molecule has 0 radical (unpaired) electrons. The smallest absolute Gasteiger partial charge is 0.345 e. The molecule has 2 nitrogen and oxygen atoms in total. The number of halogens is 5. The summed E-state index contributed by atoms with van der Waals surface area (Å²) in [6.07, 6.45) is -1.81. The van der Waals surface area contributed by atoms with Crippen molar-refractivity contribution in [3.05, 3.63) is 35.1 Å². The van der Waals surface area contributed by atoms with Crippen molar-refractivity contribution in [2.75, 3.05) is 5.88 Å². The van der Waals surface area contributed by atoms with Gasteiger partial charge in [0.2, 0.25) is 0 Å². The molecule has 21 heavy (non-hydrogen) atoms. The van der Waals surface area contributed by atoms with Crippen LogP contribution in [0.5, 0.6) is 0 Å². The molecule has 116 valence electrons. The van der Waals surface area contributed by atoms with E-state index in [1.165, 1.54) is 0 Å². The minimum Gasteiger partial charge on any atom is -0.345 e. The third kappa shape index (κ3) is 3.31. The van der Waals surface area contributed by atoms with E-state index in [2.05, 4.69) is 5.32 Å². The second kappa shape index (κ2) is 5.83. The van der Waals surface area contributed by atoms with Crippen LogP contribution in [0.25, 0.3) is 0 Å². The molecule has 1 aromatic carbocycles. The van der Waals surface area contributed by atoms with E-state index in [9.17, 15) is 22.4 Å². The summed E-state index contributed by atoms with van der Waals surface area (Å²) < 4.78 is 51.8. The second-order valence-electron chi connectivity index (χ2n) is 5.24. The summed E-state index contributed by atoms with van der Waals surface area (Å²) in [5, 5.41) is 2.60. The number of carbonyl (C=O) groups excluding carboxylic acids is 1. The molecule has 7 heteroatoms. The minimum atomic E-state index is -4.84. The van der Waals surface area contributed by atoms with Crippen molar-refractivity contribution in [2.45, 2.75) is 37.4 Å². The molecular formula is C14H14ClF4NO. The summed E-state index contributed by atoms with van der Waals surface area (Å²) in [5.41, 5.74) is -2.71. The number of benzene rings is 1. The van der Waals surface area contributed by atoms with Crippen molar-refractivity contribution in [1.82, 2.24) is 5.32 Å². The van der Waals surface area contributed by atoms with Crippen molar-refractivity contribution < 1.29 is 22.4 Å². The van der Waals surface area contributed by atoms with Crippen LogP contribution < -0.4 is 5.32 Å². The topological polar surface area (TPSA) is 29.1 Å². The number of hydrogen-bond acceptors (Lipinski definition) is 1. The van der Waals surface area contributed by atoms with Gasteiger partial charge in [0.1, 0.15) is 5.82 Å². The highest BCUT2D eigenvalue weighted by atomic mass is 35.5. The summed E-state index contributed by atoms with van der Waals surface area (Å²) in [6.45, 7) is 0. The highest BCUT2D eigenvalue weighted by Gasteiger charge is 2.38. The first-order valence-corrected chi connectivity index (χ1v) is 7.07. The van der Waals surface area contributed by atoms with Crippen LogP contribution in [-0.2, 0) is 6.18 Å². The molecule has 0 atom stereocenters. The zero-order valence-corrected chi connectivity index (χ0v) is 11.8. The van der Waals surface area contributed by atoms with Crippen molar-refractivity contribution in [3.8, 4) is 0 Å². The number of amides is 1. The molecule has 0 unspecified atom stereocenters.